The van der Waals surface area contributed by atoms with Crippen LogP contribution in [0.25, 0.3) is 0 Å². The van der Waals surface area contributed by atoms with Crippen molar-refractivity contribution in [3.8, 4) is 0 Å². The predicted octanol–water partition coefficient (Wildman–Crippen LogP) is 2.56. The normalized spacial score (nSPS) is 11.5. The van der Waals surface area contributed by atoms with E-state index >= 15 is 0 Å². The summed E-state index contributed by atoms with van der Waals surface area (Å²) in [5.74, 6) is 0.576. The Kier molecular flexibility index (Phi) is 6.56. The smallest absolute Gasteiger partial charge is 0.325 e. The van der Waals surface area contributed by atoms with Crippen LogP contribution in [0.3, 0.4) is 0 Å². The number of rotatable bonds is 1. The summed E-state index contributed by atoms with van der Waals surface area (Å²) >= 11 is 0. The standard InChI is InChI=1S/C6H15N.CHF3/c1-5(2)6(3,4)7;2-1(3)4/h5H,7H2,1-4H3;1H. The first kappa shape index (κ1) is 13.3. The monoisotopic (exact) mass is 171 g/mol. The maximum atomic E-state index is 9.67. The molecule has 0 saturated heterocycles. The fourth-order valence-corrected chi connectivity index (χ4v) is 0. The SMILES string of the molecule is CC(C)C(C)(C)N.FC(F)F. The summed E-state index contributed by atoms with van der Waals surface area (Å²) in [4.78, 5) is 0. The molecule has 11 heavy (non-hydrogen) atoms. The Morgan fingerprint density at radius 3 is 1.18 bits per heavy atom. The van der Waals surface area contributed by atoms with Gasteiger partial charge in [0.05, 0.1) is 0 Å². The molecular formula is C7H16F3N. The zero-order chi connectivity index (χ0) is 9.65. The van der Waals surface area contributed by atoms with Crippen molar-refractivity contribution in [3.05, 3.63) is 0 Å². The molecule has 0 aliphatic heterocycles. The zero-order valence-electron chi connectivity index (χ0n) is 7.37. The number of hydrogen-bond donors (Lipinski definition) is 1. The second-order valence-electron chi connectivity index (χ2n) is 3.22. The fourth-order valence-electron chi connectivity index (χ4n) is 0. The van der Waals surface area contributed by atoms with Gasteiger partial charge in [-0.15, -0.1) is 0 Å². The van der Waals surface area contributed by atoms with Crippen molar-refractivity contribution in [2.75, 3.05) is 0 Å². The van der Waals surface area contributed by atoms with Crippen molar-refractivity contribution in [3.63, 3.8) is 0 Å². The first-order chi connectivity index (χ1) is 4.68. The molecule has 0 aliphatic carbocycles. The molecule has 0 bridgehead atoms. The Balaban J connectivity index is 0. The number of nitrogens with two attached hydrogens (primary N) is 1. The van der Waals surface area contributed by atoms with Crippen LogP contribution < -0.4 is 5.73 Å². The van der Waals surface area contributed by atoms with Gasteiger partial charge in [-0.1, -0.05) is 13.8 Å². The van der Waals surface area contributed by atoms with Crippen molar-refractivity contribution in [2.45, 2.75) is 39.9 Å². The first-order valence-electron chi connectivity index (χ1n) is 3.39. The maximum absolute atomic E-state index is 9.67. The van der Waals surface area contributed by atoms with Gasteiger partial charge in [-0.05, 0) is 19.8 Å². The van der Waals surface area contributed by atoms with Gasteiger partial charge in [0, 0.05) is 5.54 Å². The summed E-state index contributed by atoms with van der Waals surface area (Å²) in [6.07, 6.45) is 0. The van der Waals surface area contributed by atoms with E-state index in [1.807, 2.05) is 13.8 Å². The molecular weight excluding hydrogens is 155 g/mol. The molecule has 2 N–H and O–H groups in total. The number of alkyl halides is 3. The molecule has 0 aromatic carbocycles. The van der Waals surface area contributed by atoms with Crippen molar-refractivity contribution in [1.82, 2.24) is 0 Å². The van der Waals surface area contributed by atoms with Crippen LogP contribution in [0.4, 0.5) is 13.2 Å². The lowest BCUT2D eigenvalue weighted by molar-refractivity contribution is 0.00819. The van der Waals surface area contributed by atoms with E-state index in [1.165, 1.54) is 0 Å². The molecule has 0 aromatic rings. The van der Waals surface area contributed by atoms with Gasteiger partial charge < -0.3 is 5.73 Å². The summed E-state index contributed by atoms with van der Waals surface area (Å²) < 4.78 is 29.0. The van der Waals surface area contributed by atoms with Crippen LogP contribution in [-0.4, -0.2) is 12.2 Å². The predicted molar refractivity (Wildman–Crippen MR) is 40.2 cm³/mol. The molecule has 0 aromatic heterocycles. The highest BCUT2D eigenvalue weighted by atomic mass is 19.4. The zero-order valence-corrected chi connectivity index (χ0v) is 7.37. The highest BCUT2D eigenvalue weighted by molar-refractivity contribution is 4.74. The number of hydrogen-bond acceptors (Lipinski definition) is 1. The van der Waals surface area contributed by atoms with E-state index in [9.17, 15) is 13.2 Å². The lowest BCUT2D eigenvalue weighted by atomic mass is 9.92. The average molecular weight is 171 g/mol. The average Bonchev–Trinajstić information content (AvgIpc) is 1.59. The van der Waals surface area contributed by atoms with Gasteiger partial charge in [-0.25, -0.2) is 0 Å². The molecule has 0 aliphatic rings. The van der Waals surface area contributed by atoms with Gasteiger partial charge in [0.2, 0.25) is 0 Å². The van der Waals surface area contributed by atoms with E-state index in [4.69, 9.17) is 5.73 Å². The van der Waals surface area contributed by atoms with Crippen LogP contribution in [0.15, 0.2) is 0 Å². The Morgan fingerprint density at radius 2 is 1.18 bits per heavy atom. The fraction of sp³-hybridized carbons (Fsp3) is 1.00. The third kappa shape index (κ3) is 17.7. The minimum absolute atomic E-state index is 0. The van der Waals surface area contributed by atoms with Crippen LogP contribution in [0.2, 0.25) is 0 Å². The minimum atomic E-state index is -3.67. The second-order valence-corrected chi connectivity index (χ2v) is 3.22. The molecule has 0 unspecified atom stereocenters. The lowest BCUT2D eigenvalue weighted by Gasteiger charge is -2.22. The highest BCUT2D eigenvalue weighted by Gasteiger charge is 2.14. The van der Waals surface area contributed by atoms with Crippen molar-refractivity contribution < 1.29 is 13.2 Å². The molecule has 0 fully saturated rings. The first-order valence-corrected chi connectivity index (χ1v) is 3.39. The Labute approximate surface area is 65.8 Å². The van der Waals surface area contributed by atoms with Gasteiger partial charge in [0.25, 0.3) is 0 Å². The number of halogens is 3. The van der Waals surface area contributed by atoms with E-state index in [2.05, 4.69) is 13.8 Å². The molecule has 0 radical (unpaired) electrons. The van der Waals surface area contributed by atoms with Crippen LogP contribution in [-0.2, 0) is 0 Å². The third-order valence-corrected chi connectivity index (χ3v) is 1.49. The van der Waals surface area contributed by atoms with Gasteiger partial charge >= 0.3 is 6.68 Å². The van der Waals surface area contributed by atoms with E-state index in [0.29, 0.717) is 5.92 Å². The largest absolute Gasteiger partial charge is 0.379 e. The Morgan fingerprint density at radius 1 is 1.09 bits per heavy atom. The van der Waals surface area contributed by atoms with Gasteiger partial charge in [-0.3, -0.25) is 0 Å². The summed E-state index contributed by atoms with van der Waals surface area (Å²) in [5.41, 5.74) is 5.68. The molecule has 0 amide bonds. The molecule has 0 saturated carbocycles. The molecule has 0 spiro atoms. The van der Waals surface area contributed by atoms with E-state index in [0.717, 1.165) is 0 Å². The van der Waals surface area contributed by atoms with Crippen LogP contribution in [0, 0.1) is 5.92 Å². The summed E-state index contributed by atoms with van der Waals surface area (Å²) in [7, 11) is 0. The van der Waals surface area contributed by atoms with Crippen molar-refractivity contribution in [2.24, 2.45) is 11.7 Å². The van der Waals surface area contributed by atoms with Gasteiger partial charge in [0.1, 0.15) is 0 Å². The van der Waals surface area contributed by atoms with Crippen LogP contribution in [0.5, 0.6) is 0 Å². The molecule has 0 atom stereocenters. The van der Waals surface area contributed by atoms with Gasteiger partial charge in [0.15, 0.2) is 0 Å². The molecule has 0 heterocycles. The summed E-state index contributed by atoms with van der Waals surface area (Å²) in [6.45, 7) is 4.66. The molecule has 0 rings (SSSR count). The second kappa shape index (κ2) is 5.41. The topological polar surface area (TPSA) is 26.0 Å². The van der Waals surface area contributed by atoms with Crippen molar-refractivity contribution in [1.29, 1.82) is 0 Å². The summed E-state index contributed by atoms with van der Waals surface area (Å²) in [5, 5.41) is 0. The van der Waals surface area contributed by atoms with Gasteiger partial charge in [-0.2, -0.15) is 13.2 Å². The van der Waals surface area contributed by atoms with Crippen LogP contribution in [0.1, 0.15) is 27.7 Å². The molecule has 70 valence electrons. The Bertz CT molecular complexity index is 83.4. The minimum Gasteiger partial charge on any atom is -0.325 e. The maximum Gasteiger partial charge on any atom is 0.379 e. The van der Waals surface area contributed by atoms with Crippen LogP contribution >= 0.6 is 0 Å². The van der Waals surface area contributed by atoms with E-state index in [-0.39, 0.29) is 5.54 Å². The van der Waals surface area contributed by atoms with E-state index < -0.39 is 6.68 Å². The Hall–Kier alpha value is -0.250. The summed E-state index contributed by atoms with van der Waals surface area (Å²) in [6, 6.07) is 0. The molecule has 1 nitrogen and oxygen atoms in total. The highest BCUT2D eigenvalue weighted by Crippen LogP contribution is 2.09. The van der Waals surface area contributed by atoms with Crippen molar-refractivity contribution >= 4 is 0 Å². The quantitative estimate of drug-likeness (QED) is 0.644. The lowest BCUT2D eigenvalue weighted by Crippen LogP contribution is -2.37. The van der Waals surface area contributed by atoms with E-state index in [1.54, 1.807) is 0 Å². The third-order valence-electron chi connectivity index (χ3n) is 1.49. The molecule has 4 heteroatoms.